The van der Waals surface area contributed by atoms with Gasteiger partial charge in [-0.05, 0) is 31.0 Å². The van der Waals surface area contributed by atoms with E-state index in [2.05, 4.69) is 6.58 Å². The van der Waals surface area contributed by atoms with Gasteiger partial charge >= 0.3 is 5.97 Å². The molecule has 0 atom stereocenters. The SMILES string of the molecule is C=C(CC(=O)c1ccc(C)c(C)c1)C(=O)O. The Bertz CT molecular complexity index is 458. The molecule has 3 heteroatoms. The van der Waals surface area contributed by atoms with Gasteiger partial charge in [-0.2, -0.15) is 0 Å². The van der Waals surface area contributed by atoms with E-state index in [9.17, 15) is 9.59 Å². The topological polar surface area (TPSA) is 54.4 Å². The Hall–Kier alpha value is -1.90. The summed E-state index contributed by atoms with van der Waals surface area (Å²) in [6.07, 6.45) is -0.141. The van der Waals surface area contributed by atoms with Crippen molar-refractivity contribution >= 4 is 11.8 Å². The van der Waals surface area contributed by atoms with E-state index in [4.69, 9.17) is 5.11 Å². The van der Waals surface area contributed by atoms with E-state index in [1.807, 2.05) is 19.9 Å². The van der Waals surface area contributed by atoms with Crippen LogP contribution in [-0.4, -0.2) is 16.9 Å². The van der Waals surface area contributed by atoms with Crippen molar-refractivity contribution in [2.24, 2.45) is 0 Å². The van der Waals surface area contributed by atoms with Crippen molar-refractivity contribution in [3.63, 3.8) is 0 Å². The molecule has 0 aliphatic carbocycles. The minimum atomic E-state index is -1.13. The summed E-state index contributed by atoms with van der Waals surface area (Å²) in [6, 6.07) is 5.33. The van der Waals surface area contributed by atoms with Crippen molar-refractivity contribution in [2.45, 2.75) is 20.3 Å². The second kappa shape index (κ2) is 4.75. The molecule has 1 rings (SSSR count). The van der Waals surface area contributed by atoms with Gasteiger partial charge in [0.2, 0.25) is 0 Å². The van der Waals surface area contributed by atoms with E-state index in [0.29, 0.717) is 5.56 Å². The minimum Gasteiger partial charge on any atom is -0.478 e. The molecule has 16 heavy (non-hydrogen) atoms. The number of hydrogen-bond acceptors (Lipinski definition) is 2. The molecule has 0 fully saturated rings. The Kier molecular flexibility index (Phi) is 3.61. The number of carboxylic acid groups (broad SMARTS) is 1. The highest BCUT2D eigenvalue weighted by molar-refractivity contribution is 6.02. The quantitative estimate of drug-likeness (QED) is 0.624. The van der Waals surface area contributed by atoms with Crippen molar-refractivity contribution in [2.75, 3.05) is 0 Å². The first kappa shape index (κ1) is 12.2. The third-order valence-electron chi connectivity index (χ3n) is 2.51. The largest absolute Gasteiger partial charge is 0.478 e. The summed E-state index contributed by atoms with van der Waals surface area (Å²) < 4.78 is 0. The molecule has 84 valence electrons. The highest BCUT2D eigenvalue weighted by Crippen LogP contribution is 2.13. The Labute approximate surface area is 94.4 Å². The molecule has 1 N–H and O–H groups in total. The van der Waals surface area contributed by atoms with Crippen LogP contribution in [-0.2, 0) is 4.79 Å². The number of carboxylic acids is 1. The molecule has 0 unspecified atom stereocenters. The molecule has 0 spiro atoms. The van der Waals surface area contributed by atoms with E-state index in [1.165, 1.54) is 0 Å². The second-order valence-corrected chi connectivity index (χ2v) is 3.81. The van der Waals surface area contributed by atoms with Crippen molar-refractivity contribution < 1.29 is 14.7 Å². The fourth-order valence-electron chi connectivity index (χ4n) is 1.29. The zero-order valence-corrected chi connectivity index (χ0v) is 9.41. The monoisotopic (exact) mass is 218 g/mol. The predicted octanol–water partition coefficient (Wildman–Crippen LogP) is 2.52. The van der Waals surface area contributed by atoms with Crippen molar-refractivity contribution in [3.05, 3.63) is 47.0 Å². The molecular formula is C13H14O3. The van der Waals surface area contributed by atoms with E-state index in [-0.39, 0.29) is 17.8 Å². The molecule has 0 aromatic heterocycles. The average molecular weight is 218 g/mol. The molecule has 0 saturated heterocycles. The molecule has 0 aliphatic heterocycles. The van der Waals surface area contributed by atoms with Crippen LogP contribution in [0.4, 0.5) is 0 Å². The molecule has 0 bridgehead atoms. The maximum absolute atomic E-state index is 11.7. The third kappa shape index (κ3) is 2.79. The lowest BCUT2D eigenvalue weighted by Gasteiger charge is -2.04. The van der Waals surface area contributed by atoms with Gasteiger partial charge in [0.15, 0.2) is 5.78 Å². The number of Topliss-reactive ketones (excluding diaryl/α,β-unsaturated/α-hetero) is 1. The molecule has 0 heterocycles. The molecule has 0 radical (unpaired) electrons. The number of hydrogen-bond donors (Lipinski definition) is 1. The van der Waals surface area contributed by atoms with Gasteiger partial charge in [-0.1, -0.05) is 18.7 Å². The number of aryl methyl sites for hydroxylation is 2. The highest BCUT2D eigenvalue weighted by atomic mass is 16.4. The zero-order chi connectivity index (χ0) is 12.3. The Morgan fingerprint density at radius 1 is 1.25 bits per heavy atom. The third-order valence-corrected chi connectivity index (χ3v) is 2.51. The number of carbonyl (C=O) groups is 2. The maximum Gasteiger partial charge on any atom is 0.331 e. The van der Waals surface area contributed by atoms with Crippen LogP contribution >= 0.6 is 0 Å². The summed E-state index contributed by atoms with van der Waals surface area (Å²) in [6.45, 7) is 7.21. The first-order valence-electron chi connectivity index (χ1n) is 4.93. The number of benzene rings is 1. The minimum absolute atomic E-state index is 0.0803. The van der Waals surface area contributed by atoms with Crippen LogP contribution in [0.5, 0.6) is 0 Å². The fourth-order valence-corrected chi connectivity index (χ4v) is 1.29. The Balaban J connectivity index is 2.85. The molecule has 3 nitrogen and oxygen atoms in total. The van der Waals surface area contributed by atoms with Crippen molar-refractivity contribution in [1.29, 1.82) is 0 Å². The first-order chi connectivity index (χ1) is 7.41. The lowest BCUT2D eigenvalue weighted by atomic mass is 10.00. The van der Waals surface area contributed by atoms with Gasteiger partial charge in [0.25, 0.3) is 0 Å². The lowest BCUT2D eigenvalue weighted by molar-refractivity contribution is -0.132. The zero-order valence-electron chi connectivity index (χ0n) is 9.41. The van der Waals surface area contributed by atoms with Gasteiger partial charge in [0.1, 0.15) is 0 Å². The van der Waals surface area contributed by atoms with E-state index >= 15 is 0 Å². The number of carbonyl (C=O) groups excluding carboxylic acids is 1. The fraction of sp³-hybridized carbons (Fsp3) is 0.231. The standard InChI is InChI=1S/C13H14O3/c1-8-4-5-11(6-9(8)2)12(14)7-10(3)13(15)16/h4-6H,3,7H2,1-2H3,(H,15,16). The number of aliphatic carboxylic acids is 1. The Morgan fingerprint density at radius 3 is 2.38 bits per heavy atom. The molecule has 0 saturated carbocycles. The molecular weight excluding hydrogens is 204 g/mol. The van der Waals surface area contributed by atoms with E-state index < -0.39 is 5.97 Å². The van der Waals surface area contributed by atoms with Crippen LogP contribution in [0, 0.1) is 13.8 Å². The molecule has 1 aromatic carbocycles. The van der Waals surface area contributed by atoms with Gasteiger partial charge in [-0.15, -0.1) is 0 Å². The summed E-state index contributed by atoms with van der Waals surface area (Å²) in [5.74, 6) is -1.34. The van der Waals surface area contributed by atoms with Gasteiger partial charge in [-0.25, -0.2) is 4.79 Å². The van der Waals surface area contributed by atoms with Crippen LogP contribution in [0.3, 0.4) is 0 Å². The number of ketones is 1. The van der Waals surface area contributed by atoms with Crippen molar-refractivity contribution in [3.8, 4) is 0 Å². The van der Waals surface area contributed by atoms with Crippen molar-refractivity contribution in [1.82, 2.24) is 0 Å². The summed E-state index contributed by atoms with van der Waals surface area (Å²) in [5.41, 5.74) is 2.58. The normalized spacial score (nSPS) is 9.88. The average Bonchev–Trinajstić information content (AvgIpc) is 2.21. The van der Waals surface area contributed by atoms with Gasteiger partial charge in [0.05, 0.1) is 0 Å². The van der Waals surface area contributed by atoms with Crippen LogP contribution in [0.15, 0.2) is 30.4 Å². The highest BCUT2D eigenvalue weighted by Gasteiger charge is 2.12. The van der Waals surface area contributed by atoms with Crippen LogP contribution < -0.4 is 0 Å². The summed E-state index contributed by atoms with van der Waals surface area (Å²) in [7, 11) is 0. The summed E-state index contributed by atoms with van der Waals surface area (Å²) in [5, 5.41) is 8.62. The Morgan fingerprint density at radius 2 is 1.88 bits per heavy atom. The van der Waals surface area contributed by atoms with Gasteiger partial charge in [-0.3, -0.25) is 4.79 Å². The summed E-state index contributed by atoms with van der Waals surface area (Å²) >= 11 is 0. The van der Waals surface area contributed by atoms with Gasteiger partial charge < -0.3 is 5.11 Å². The molecule has 0 amide bonds. The maximum atomic E-state index is 11.7. The van der Waals surface area contributed by atoms with Crippen LogP contribution in [0.25, 0.3) is 0 Å². The smallest absolute Gasteiger partial charge is 0.331 e. The van der Waals surface area contributed by atoms with E-state index in [1.54, 1.807) is 12.1 Å². The van der Waals surface area contributed by atoms with E-state index in [0.717, 1.165) is 11.1 Å². The number of rotatable bonds is 4. The lowest BCUT2D eigenvalue weighted by Crippen LogP contribution is -2.07. The first-order valence-corrected chi connectivity index (χ1v) is 4.93. The van der Waals surface area contributed by atoms with Crippen LogP contribution in [0.2, 0.25) is 0 Å². The van der Waals surface area contributed by atoms with Gasteiger partial charge in [0, 0.05) is 17.6 Å². The summed E-state index contributed by atoms with van der Waals surface area (Å²) in [4.78, 5) is 22.2. The second-order valence-electron chi connectivity index (χ2n) is 3.81. The van der Waals surface area contributed by atoms with Crippen LogP contribution in [0.1, 0.15) is 27.9 Å². The molecule has 1 aromatic rings. The predicted molar refractivity (Wildman–Crippen MR) is 61.6 cm³/mol. The molecule has 0 aliphatic rings.